The van der Waals surface area contributed by atoms with Gasteiger partial charge in [0.15, 0.2) is 0 Å². The van der Waals surface area contributed by atoms with Crippen molar-refractivity contribution in [1.29, 1.82) is 0 Å². The zero-order chi connectivity index (χ0) is 29.0. The van der Waals surface area contributed by atoms with Gasteiger partial charge in [-0.25, -0.2) is 4.79 Å². The lowest BCUT2D eigenvalue weighted by Gasteiger charge is -2.26. The second-order valence-corrected chi connectivity index (χ2v) is 9.30. The average molecular weight is 537 g/mol. The molecule has 210 valence electrons. The smallest absolute Gasteiger partial charge is 0.326 e. The van der Waals surface area contributed by atoms with Gasteiger partial charge in [-0.15, -0.1) is 0 Å². The van der Waals surface area contributed by atoms with E-state index in [1.165, 1.54) is 24.3 Å². The van der Waals surface area contributed by atoms with Gasteiger partial charge in [0.1, 0.15) is 23.9 Å². The number of amides is 5. The van der Waals surface area contributed by atoms with Gasteiger partial charge < -0.3 is 43.4 Å². The molecule has 0 fully saturated rings. The first-order valence-electron chi connectivity index (χ1n) is 11.9. The number of nitrogens with one attached hydrogen (secondary N) is 3. The third kappa shape index (κ3) is 11.7. The van der Waals surface area contributed by atoms with Crippen LogP contribution in [-0.4, -0.2) is 69.9 Å². The second kappa shape index (κ2) is 15.1. The van der Waals surface area contributed by atoms with Crippen molar-refractivity contribution >= 4 is 35.5 Å². The molecule has 11 N–H and O–H groups in total. The maximum atomic E-state index is 13.1. The van der Waals surface area contributed by atoms with Crippen molar-refractivity contribution < 1.29 is 39.0 Å². The van der Waals surface area contributed by atoms with E-state index < -0.39 is 66.1 Å². The molecule has 5 amide bonds. The van der Waals surface area contributed by atoms with Crippen LogP contribution in [0.4, 0.5) is 0 Å². The van der Waals surface area contributed by atoms with E-state index in [9.17, 15) is 39.0 Å². The Labute approximate surface area is 219 Å². The molecule has 1 aromatic rings. The van der Waals surface area contributed by atoms with Crippen LogP contribution in [0, 0.1) is 5.92 Å². The molecule has 14 heteroatoms. The standard InChI is InChI=1S/C24H36N6O8/c1-12(2)9-17(23(36)30-18(24(37)38)10-13-3-5-14(31)6-4-13)29-22(35)16(7-8-19(26)32)28-21(34)15(25)11-20(27)33/h3-6,12,15-18,31H,7-11,25H2,1-2H3,(H2,26,32)(H2,27,33)(H,28,34)(H,29,35)(H,30,36)(H,37,38). The molecular formula is C24H36N6O8. The third-order valence-corrected chi connectivity index (χ3v) is 5.40. The Morgan fingerprint density at radius 3 is 1.84 bits per heavy atom. The molecule has 38 heavy (non-hydrogen) atoms. The lowest BCUT2D eigenvalue weighted by Crippen LogP contribution is -2.57. The van der Waals surface area contributed by atoms with E-state index in [0.717, 1.165) is 0 Å². The first kappa shape index (κ1) is 31.8. The van der Waals surface area contributed by atoms with E-state index in [4.69, 9.17) is 17.2 Å². The van der Waals surface area contributed by atoms with E-state index >= 15 is 0 Å². The molecule has 4 unspecified atom stereocenters. The van der Waals surface area contributed by atoms with Crippen LogP contribution < -0.4 is 33.2 Å². The number of rotatable bonds is 16. The summed E-state index contributed by atoms with van der Waals surface area (Å²) in [6.07, 6.45) is -0.936. The van der Waals surface area contributed by atoms with Crippen LogP contribution in [0.15, 0.2) is 24.3 Å². The molecular weight excluding hydrogens is 500 g/mol. The zero-order valence-electron chi connectivity index (χ0n) is 21.3. The van der Waals surface area contributed by atoms with Crippen molar-refractivity contribution in [3.8, 4) is 5.75 Å². The van der Waals surface area contributed by atoms with Crippen molar-refractivity contribution in [2.24, 2.45) is 23.1 Å². The van der Waals surface area contributed by atoms with Gasteiger partial charge in [0.25, 0.3) is 0 Å². The van der Waals surface area contributed by atoms with E-state index in [0.29, 0.717) is 5.56 Å². The SMILES string of the molecule is CC(C)CC(NC(=O)C(CCC(N)=O)NC(=O)C(N)CC(N)=O)C(=O)NC(Cc1ccc(O)cc1)C(=O)O. The first-order valence-corrected chi connectivity index (χ1v) is 11.9. The molecule has 1 rings (SSSR count). The quantitative estimate of drug-likeness (QED) is 0.116. The van der Waals surface area contributed by atoms with Crippen molar-refractivity contribution in [3.63, 3.8) is 0 Å². The summed E-state index contributed by atoms with van der Waals surface area (Å²) in [6.45, 7) is 3.57. The number of carbonyl (C=O) groups is 6. The third-order valence-electron chi connectivity index (χ3n) is 5.40. The van der Waals surface area contributed by atoms with Gasteiger partial charge in [-0.3, -0.25) is 24.0 Å². The summed E-state index contributed by atoms with van der Waals surface area (Å²) in [5.41, 5.74) is 16.4. The van der Waals surface area contributed by atoms with Gasteiger partial charge in [-0.05, 0) is 36.5 Å². The highest BCUT2D eigenvalue weighted by molar-refractivity contribution is 5.95. The summed E-state index contributed by atoms with van der Waals surface area (Å²) < 4.78 is 0. The van der Waals surface area contributed by atoms with Gasteiger partial charge in [0.05, 0.1) is 12.5 Å². The summed E-state index contributed by atoms with van der Waals surface area (Å²) in [7, 11) is 0. The molecule has 0 spiro atoms. The fourth-order valence-electron chi connectivity index (χ4n) is 3.46. The highest BCUT2D eigenvalue weighted by atomic mass is 16.4. The number of carbonyl (C=O) groups excluding carboxylic acids is 5. The zero-order valence-corrected chi connectivity index (χ0v) is 21.3. The van der Waals surface area contributed by atoms with Crippen LogP contribution in [0.2, 0.25) is 0 Å². The summed E-state index contributed by atoms with van der Waals surface area (Å²) in [4.78, 5) is 72.6. The van der Waals surface area contributed by atoms with Crippen LogP contribution in [-0.2, 0) is 35.2 Å². The van der Waals surface area contributed by atoms with Gasteiger partial charge in [0.2, 0.25) is 29.5 Å². The Balaban J connectivity index is 3.04. The number of phenols is 1. The topological polar surface area (TPSA) is 257 Å². The van der Waals surface area contributed by atoms with Crippen LogP contribution in [0.25, 0.3) is 0 Å². The van der Waals surface area contributed by atoms with Crippen molar-refractivity contribution in [2.45, 2.75) is 70.1 Å². The minimum atomic E-state index is -1.35. The van der Waals surface area contributed by atoms with Gasteiger partial charge in [0, 0.05) is 12.8 Å². The predicted octanol–water partition coefficient (Wildman–Crippen LogP) is -2.01. The molecule has 0 heterocycles. The molecule has 0 aliphatic rings. The minimum absolute atomic E-state index is 0.00191. The summed E-state index contributed by atoms with van der Waals surface area (Å²) in [6, 6.07) is 0.597. The summed E-state index contributed by atoms with van der Waals surface area (Å²) in [5.74, 6) is -5.48. The monoisotopic (exact) mass is 536 g/mol. The largest absolute Gasteiger partial charge is 0.508 e. The normalized spacial score (nSPS) is 14.0. The van der Waals surface area contributed by atoms with Gasteiger partial charge >= 0.3 is 5.97 Å². The van der Waals surface area contributed by atoms with E-state index in [1.807, 2.05) is 0 Å². The molecule has 0 radical (unpaired) electrons. The molecule has 0 saturated heterocycles. The van der Waals surface area contributed by atoms with Gasteiger partial charge in [-0.2, -0.15) is 0 Å². The van der Waals surface area contributed by atoms with E-state index in [2.05, 4.69) is 16.0 Å². The highest BCUT2D eigenvalue weighted by Crippen LogP contribution is 2.12. The van der Waals surface area contributed by atoms with Crippen molar-refractivity contribution in [3.05, 3.63) is 29.8 Å². The minimum Gasteiger partial charge on any atom is -0.508 e. The number of aromatic hydroxyl groups is 1. The molecule has 0 aromatic heterocycles. The molecule has 0 bridgehead atoms. The average Bonchev–Trinajstić information content (AvgIpc) is 2.80. The molecule has 0 aliphatic carbocycles. The molecule has 0 saturated carbocycles. The van der Waals surface area contributed by atoms with Crippen LogP contribution >= 0.6 is 0 Å². The molecule has 0 aliphatic heterocycles. The molecule has 14 nitrogen and oxygen atoms in total. The maximum absolute atomic E-state index is 13.1. The lowest BCUT2D eigenvalue weighted by molar-refractivity contribution is -0.142. The Morgan fingerprint density at radius 1 is 0.816 bits per heavy atom. The van der Waals surface area contributed by atoms with Gasteiger partial charge in [-0.1, -0.05) is 26.0 Å². The number of hydrogen-bond acceptors (Lipinski definition) is 8. The summed E-state index contributed by atoms with van der Waals surface area (Å²) >= 11 is 0. The second-order valence-electron chi connectivity index (χ2n) is 9.30. The number of carboxylic acid groups (broad SMARTS) is 1. The van der Waals surface area contributed by atoms with Crippen LogP contribution in [0.5, 0.6) is 5.75 Å². The number of nitrogens with two attached hydrogens (primary N) is 3. The van der Waals surface area contributed by atoms with Crippen LogP contribution in [0.1, 0.15) is 45.1 Å². The highest BCUT2D eigenvalue weighted by Gasteiger charge is 2.31. The Bertz CT molecular complexity index is 1010. The Kier molecular flexibility index (Phi) is 12.7. The number of hydrogen-bond donors (Lipinski definition) is 8. The fourth-order valence-corrected chi connectivity index (χ4v) is 3.46. The van der Waals surface area contributed by atoms with E-state index in [-0.39, 0.29) is 37.4 Å². The first-order chi connectivity index (χ1) is 17.7. The molecule has 1 aromatic carbocycles. The van der Waals surface area contributed by atoms with E-state index in [1.54, 1.807) is 13.8 Å². The number of carboxylic acids is 1. The van der Waals surface area contributed by atoms with Crippen LogP contribution in [0.3, 0.4) is 0 Å². The lowest BCUT2D eigenvalue weighted by atomic mass is 10.0. The maximum Gasteiger partial charge on any atom is 0.326 e. The number of benzene rings is 1. The number of aliphatic carboxylic acids is 1. The summed E-state index contributed by atoms with van der Waals surface area (Å²) in [5, 5.41) is 26.3. The van der Waals surface area contributed by atoms with Crippen molar-refractivity contribution in [2.75, 3.05) is 0 Å². The number of primary amides is 2. The predicted molar refractivity (Wildman–Crippen MR) is 135 cm³/mol. The van der Waals surface area contributed by atoms with Crippen molar-refractivity contribution in [1.82, 2.24) is 16.0 Å². The molecule has 4 atom stereocenters. The Morgan fingerprint density at radius 2 is 1.34 bits per heavy atom. The Hall–Kier alpha value is -4.20. The number of phenolic OH excluding ortho intramolecular Hbond substituents is 1. The fraction of sp³-hybridized carbons (Fsp3) is 0.500.